The summed E-state index contributed by atoms with van der Waals surface area (Å²) in [4.78, 5) is 0. The molecule has 0 saturated carbocycles. The Kier molecular flexibility index (Phi) is 4.30. The minimum atomic E-state index is 0. The van der Waals surface area contributed by atoms with E-state index in [9.17, 15) is 0 Å². The van der Waals surface area contributed by atoms with Gasteiger partial charge in [0.05, 0.1) is 0 Å². The Balaban J connectivity index is 0.000000640. The van der Waals surface area contributed by atoms with Gasteiger partial charge in [-0.05, 0) is 0 Å². The predicted molar refractivity (Wildman–Crippen MR) is 37.7 cm³/mol. The van der Waals surface area contributed by atoms with Gasteiger partial charge in [0, 0.05) is 0 Å². The summed E-state index contributed by atoms with van der Waals surface area (Å²) in [7, 11) is 0. The van der Waals surface area contributed by atoms with E-state index in [0.717, 1.165) is 4.47 Å². The summed E-state index contributed by atoms with van der Waals surface area (Å²) in [5.41, 5.74) is 1.23. The van der Waals surface area contributed by atoms with E-state index in [1.165, 1.54) is 5.56 Å². The Morgan fingerprint density at radius 2 is 2.22 bits per heavy atom. The molecule has 0 atom stereocenters. The average molecular weight is 177 g/mol. The van der Waals surface area contributed by atoms with Gasteiger partial charge >= 0.3 is 18.9 Å². The van der Waals surface area contributed by atoms with Crippen LogP contribution in [-0.2, 0) is 0 Å². The zero-order valence-corrected chi connectivity index (χ0v) is 7.20. The van der Waals surface area contributed by atoms with Crippen LogP contribution in [-0.4, -0.2) is 0 Å². The molecule has 0 bridgehead atoms. The molecule has 0 aliphatic carbocycles. The van der Waals surface area contributed by atoms with Crippen LogP contribution in [0.4, 0.5) is 0 Å². The Labute approximate surface area is 76.0 Å². The molecule has 0 nitrogen and oxygen atoms in total. The molecule has 0 amide bonds. The number of rotatable bonds is 0. The Morgan fingerprint density at radius 3 is 2.56 bits per heavy atom. The van der Waals surface area contributed by atoms with E-state index in [0.29, 0.717) is 0 Å². The number of benzene rings is 1. The predicted octanol–water partition coefficient (Wildman–Crippen LogP) is -0.438. The van der Waals surface area contributed by atoms with Gasteiger partial charge in [0.25, 0.3) is 0 Å². The van der Waals surface area contributed by atoms with Crippen LogP contribution >= 0.6 is 15.9 Å². The first-order chi connectivity index (χ1) is 3.80. The fraction of sp³-hybridized carbons (Fsp3) is 0.143. The van der Waals surface area contributed by atoms with Gasteiger partial charge < -0.3 is 0 Å². The van der Waals surface area contributed by atoms with Crippen LogP contribution < -0.4 is 18.9 Å². The normalized spacial score (nSPS) is 8.22. The first kappa shape index (κ1) is 9.30. The van der Waals surface area contributed by atoms with E-state index in [1.54, 1.807) is 0 Å². The maximum Gasteiger partial charge on any atom is 1.00 e. The van der Waals surface area contributed by atoms with Crippen LogP contribution in [0.3, 0.4) is 0 Å². The van der Waals surface area contributed by atoms with Crippen LogP contribution in [0.1, 0.15) is 5.56 Å². The Hall–Kier alpha value is 0.297. The maximum atomic E-state index is 3.38. The second-order valence-electron chi connectivity index (χ2n) is 1.68. The molecule has 0 aliphatic heterocycles. The molecule has 1 aromatic rings. The van der Waals surface area contributed by atoms with Gasteiger partial charge in [-0.2, -0.15) is 24.3 Å². The fourth-order valence-electron chi connectivity index (χ4n) is 0.495. The first-order valence-corrected chi connectivity index (χ1v) is 3.22. The zero-order valence-electron chi connectivity index (χ0n) is 5.61. The van der Waals surface area contributed by atoms with E-state index in [1.807, 2.05) is 25.1 Å². The largest absolute Gasteiger partial charge is 1.00 e. The molecule has 0 N–H and O–H groups in total. The monoisotopic (exact) mass is 176 g/mol. The van der Waals surface area contributed by atoms with Gasteiger partial charge in [0.1, 0.15) is 0 Å². The molecule has 0 aromatic heterocycles. The van der Waals surface area contributed by atoms with Crippen LogP contribution in [0.25, 0.3) is 0 Å². The minimum absolute atomic E-state index is 0. The molecule has 0 saturated heterocycles. The van der Waals surface area contributed by atoms with Gasteiger partial charge in [0.15, 0.2) is 0 Å². The quantitative estimate of drug-likeness (QED) is 0.372. The van der Waals surface area contributed by atoms with Gasteiger partial charge in [-0.3, -0.25) is 0 Å². The van der Waals surface area contributed by atoms with Crippen molar-refractivity contribution in [1.29, 1.82) is 0 Å². The molecule has 2 heteroatoms. The first-order valence-electron chi connectivity index (χ1n) is 2.43. The van der Waals surface area contributed by atoms with E-state index in [-0.39, 0.29) is 18.9 Å². The Morgan fingerprint density at radius 1 is 1.56 bits per heavy atom. The number of hydrogen-bond donors (Lipinski definition) is 0. The van der Waals surface area contributed by atoms with Crippen molar-refractivity contribution >= 4 is 15.9 Å². The van der Waals surface area contributed by atoms with Crippen LogP contribution in [0.5, 0.6) is 0 Å². The van der Waals surface area contributed by atoms with E-state index in [4.69, 9.17) is 0 Å². The summed E-state index contributed by atoms with van der Waals surface area (Å²) in [6, 6.07) is 8.79. The zero-order chi connectivity index (χ0) is 5.98. The molecule has 1 rings (SSSR count). The van der Waals surface area contributed by atoms with E-state index < -0.39 is 0 Å². The molecule has 0 spiro atoms. The van der Waals surface area contributed by atoms with Crippen molar-refractivity contribution in [2.75, 3.05) is 0 Å². The van der Waals surface area contributed by atoms with Crippen molar-refractivity contribution in [2.24, 2.45) is 0 Å². The van der Waals surface area contributed by atoms with Gasteiger partial charge in [-0.1, -0.05) is 27.3 Å². The second-order valence-corrected chi connectivity index (χ2v) is 2.53. The topological polar surface area (TPSA) is 0 Å². The van der Waals surface area contributed by atoms with E-state index in [2.05, 4.69) is 22.0 Å². The molecule has 0 unspecified atom stereocenters. The summed E-state index contributed by atoms with van der Waals surface area (Å²) in [6.45, 7) is 2.04. The Bertz CT molecular complexity index is 165. The maximum absolute atomic E-state index is 3.38. The van der Waals surface area contributed by atoms with E-state index >= 15 is 0 Å². The summed E-state index contributed by atoms with van der Waals surface area (Å²) < 4.78 is 1.15. The average Bonchev–Trinajstić information content (AvgIpc) is 1.77. The van der Waals surface area contributed by atoms with Crippen LogP contribution in [0, 0.1) is 13.0 Å². The summed E-state index contributed by atoms with van der Waals surface area (Å²) >= 11 is 3.38. The van der Waals surface area contributed by atoms with Crippen LogP contribution in [0.2, 0.25) is 0 Å². The van der Waals surface area contributed by atoms with Gasteiger partial charge in [0.2, 0.25) is 0 Å². The smallest absolute Gasteiger partial charge is 0.183 e. The van der Waals surface area contributed by atoms with Gasteiger partial charge in [-0.15, -0.1) is 5.56 Å². The van der Waals surface area contributed by atoms with Crippen molar-refractivity contribution in [3.05, 3.63) is 34.3 Å². The minimum Gasteiger partial charge on any atom is -0.183 e. The third kappa shape index (κ3) is 2.58. The van der Waals surface area contributed by atoms with Crippen LogP contribution in [0.15, 0.2) is 22.7 Å². The molecule has 9 heavy (non-hydrogen) atoms. The standard InChI is InChI=1S/C7H6Br.Li/c1-6-4-2-3-5-7(6)8;/h3-5H,1H3;/q-1;+1. The number of hydrogen-bond acceptors (Lipinski definition) is 0. The molecule has 0 radical (unpaired) electrons. The molecule has 0 fully saturated rings. The van der Waals surface area contributed by atoms with Crippen molar-refractivity contribution in [3.8, 4) is 0 Å². The molecule has 0 heterocycles. The van der Waals surface area contributed by atoms with Crippen molar-refractivity contribution in [2.45, 2.75) is 6.92 Å². The third-order valence-corrected chi connectivity index (χ3v) is 1.89. The molecule has 0 aliphatic rings. The fourth-order valence-corrected chi connectivity index (χ4v) is 0.741. The third-order valence-electron chi connectivity index (χ3n) is 1.00. The van der Waals surface area contributed by atoms with Crippen molar-refractivity contribution < 1.29 is 18.9 Å². The SMILES string of the molecule is Cc1c[c-]ccc1Br.[Li+]. The van der Waals surface area contributed by atoms with Crippen molar-refractivity contribution in [3.63, 3.8) is 0 Å². The summed E-state index contributed by atoms with van der Waals surface area (Å²) in [5, 5.41) is 0. The summed E-state index contributed by atoms with van der Waals surface area (Å²) in [6.07, 6.45) is 0. The second kappa shape index (κ2) is 4.17. The molecule has 42 valence electrons. The molecular formula is C7H6BrLi. The summed E-state index contributed by atoms with van der Waals surface area (Å²) in [5.74, 6) is 0. The van der Waals surface area contributed by atoms with Crippen molar-refractivity contribution in [1.82, 2.24) is 0 Å². The molecular weight excluding hydrogens is 171 g/mol. The van der Waals surface area contributed by atoms with Gasteiger partial charge in [-0.25, -0.2) is 0 Å². The number of aryl methyl sites for hydroxylation is 1. The molecule has 1 aromatic carbocycles. The number of halogens is 1.